The molecule has 17 heavy (non-hydrogen) atoms. The molecular formula is C10H12N2O4S. The lowest BCUT2D eigenvalue weighted by Gasteiger charge is -2.05. The summed E-state index contributed by atoms with van der Waals surface area (Å²) in [6.45, 7) is 0.922. The van der Waals surface area contributed by atoms with Crippen LogP contribution in [0.1, 0.15) is 17.3 Å². The van der Waals surface area contributed by atoms with E-state index in [1.807, 2.05) is 4.72 Å². The minimum absolute atomic E-state index is 0.0243. The number of carbonyl (C=O) groups is 2. The molecule has 1 rings (SSSR count). The highest BCUT2D eigenvalue weighted by Crippen LogP contribution is 2.10. The number of ketones is 1. The zero-order valence-electron chi connectivity index (χ0n) is 9.14. The van der Waals surface area contributed by atoms with Crippen molar-refractivity contribution in [3.63, 3.8) is 0 Å². The van der Waals surface area contributed by atoms with Crippen LogP contribution in [0.25, 0.3) is 0 Å². The summed E-state index contributed by atoms with van der Waals surface area (Å²) in [4.78, 5) is 21.4. The molecule has 0 aliphatic carbocycles. The Morgan fingerprint density at radius 3 is 2.18 bits per heavy atom. The normalized spacial score (nSPS) is 11.1. The van der Waals surface area contributed by atoms with Crippen molar-refractivity contribution in [2.75, 3.05) is 6.54 Å². The number of primary amides is 1. The number of hydrogen-bond donors (Lipinski definition) is 2. The van der Waals surface area contributed by atoms with E-state index >= 15 is 0 Å². The molecule has 0 aliphatic heterocycles. The number of amides is 1. The lowest BCUT2D eigenvalue weighted by molar-refractivity contribution is -0.116. The number of sulfonamides is 1. The van der Waals surface area contributed by atoms with Crippen LogP contribution in [0.5, 0.6) is 0 Å². The maximum atomic E-state index is 11.6. The van der Waals surface area contributed by atoms with Gasteiger partial charge in [0.15, 0.2) is 5.78 Å². The van der Waals surface area contributed by atoms with Gasteiger partial charge in [-0.2, -0.15) is 0 Å². The minimum Gasteiger partial charge on any atom is -0.369 e. The molecule has 0 saturated heterocycles. The predicted octanol–water partition coefficient (Wildman–Crippen LogP) is -0.347. The fourth-order valence-electron chi connectivity index (χ4n) is 1.12. The van der Waals surface area contributed by atoms with Gasteiger partial charge in [-0.15, -0.1) is 0 Å². The number of benzene rings is 1. The molecule has 0 atom stereocenters. The van der Waals surface area contributed by atoms with Crippen molar-refractivity contribution in [2.45, 2.75) is 11.8 Å². The Morgan fingerprint density at radius 2 is 1.76 bits per heavy atom. The van der Waals surface area contributed by atoms with E-state index in [2.05, 4.69) is 0 Å². The number of Topliss-reactive ketones (excluding diaryl/α,β-unsaturated/α-hetero) is 1. The van der Waals surface area contributed by atoms with E-state index in [1.165, 1.54) is 31.2 Å². The minimum atomic E-state index is -3.76. The number of rotatable bonds is 5. The summed E-state index contributed by atoms with van der Waals surface area (Å²) in [5.74, 6) is -0.923. The molecule has 0 saturated carbocycles. The SMILES string of the molecule is CC(=O)c1ccc(S(=O)(=O)NCC(N)=O)cc1. The van der Waals surface area contributed by atoms with Crippen molar-refractivity contribution in [1.29, 1.82) is 0 Å². The summed E-state index contributed by atoms with van der Waals surface area (Å²) >= 11 is 0. The molecule has 92 valence electrons. The van der Waals surface area contributed by atoms with E-state index in [1.54, 1.807) is 0 Å². The van der Waals surface area contributed by atoms with Gasteiger partial charge < -0.3 is 5.73 Å². The summed E-state index contributed by atoms with van der Waals surface area (Å²) in [7, 11) is -3.76. The lowest BCUT2D eigenvalue weighted by Crippen LogP contribution is -2.33. The van der Waals surface area contributed by atoms with Gasteiger partial charge in [0.25, 0.3) is 0 Å². The van der Waals surface area contributed by atoms with Crippen molar-refractivity contribution in [3.8, 4) is 0 Å². The van der Waals surface area contributed by atoms with Gasteiger partial charge in [-0.3, -0.25) is 9.59 Å². The molecule has 7 heteroatoms. The molecule has 1 aromatic carbocycles. The van der Waals surface area contributed by atoms with Crippen molar-refractivity contribution in [1.82, 2.24) is 4.72 Å². The first-order valence-electron chi connectivity index (χ1n) is 4.72. The summed E-state index contributed by atoms with van der Waals surface area (Å²) < 4.78 is 25.3. The third-order valence-electron chi connectivity index (χ3n) is 2.01. The Kier molecular flexibility index (Phi) is 3.97. The van der Waals surface area contributed by atoms with Crippen LogP contribution in [0.15, 0.2) is 29.2 Å². The smallest absolute Gasteiger partial charge is 0.241 e. The highest BCUT2D eigenvalue weighted by atomic mass is 32.2. The van der Waals surface area contributed by atoms with E-state index in [0.29, 0.717) is 5.56 Å². The standard InChI is InChI=1S/C10H12N2O4S/c1-7(13)8-2-4-9(5-3-8)17(15,16)12-6-10(11)14/h2-5,12H,6H2,1H3,(H2,11,14). The fraction of sp³-hybridized carbons (Fsp3) is 0.200. The molecule has 0 aliphatic rings. The molecule has 0 heterocycles. The van der Waals surface area contributed by atoms with Crippen LogP contribution in [0, 0.1) is 0 Å². The summed E-state index contributed by atoms with van der Waals surface area (Å²) in [6.07, 6.45) is 0. The third kappa shape index (κ3) is 3.65. The zero-order chi connectivity index (χ0) is 13.1. The molecule has 0 aromatic heterocycles. The Morgan fingerprint density at radius 1 is 1.24 bits per heavy atom. The van der Waals surface area contributed by atoms with Gasteiger partial charge in [-0.25, -0.2) is 13.1 Å². The van der Waals surface area contributed by atoms with Crippen molar-refractivity contribution < 1.29 is 18.0 Å². The van der Waals surface area contributed by atoms with E-state index in [0.717, 1.165) is 0 Å². The highest BCUT2D eigenvalue weighted by Gasteiger charge is 2.14. The van der Waals surface area contributed by atoms with Gasteiger partial charge in [-0.1, -0.05) is 12.1 Å². The lowest BCUT2D eigenvalue weighted by atomic mass is 10.2. The molecule has 6 nitrogen and oxygen atoms in total. The number of carbonyl (C=O) groups excluding carboxylic acids is 2. The molecule has 0 bridgehead atoms. The Labute approximate surface area is 98.9 Å². The van der Waals surface area contributed by atoms with Crippen molar-refractivity contribution >= 4 is 21.7 Å². The second-order valence-electron chi connectivity index (χ2n) is 3.37. The molecule has 3 N–H and O–H groups in total. The van der Waals surface area contributed by atoms with Crippen LogP contribution in [0.4, 0.5) is 0 Å². The van der Waals surface area contributed by atoms with Crippen LogP contribution in [0.2, 0.25) is 0 Å². The molecule has 0 fully saturated rings. The van der Waals surface area contributed by atoms with Crippen LogP contribution >= 0.6 is 0 Å². The first kappa shape index (κ1) is 13.3. The average Bonchev–Trinajstić information content (AvgIpc) is 2.27. The monoisotopic (exact) mass is 256 g/mol. The Balaban J connectivity index is 2.92. The van der Waals surface area contributed by atoms with E-state index in [9.17, 15) is 18.0 Å². The first-order chi connectivity index (χ1) is 7.83. The van der Waals surface area contributed by atoms with Crippen LogP contribution < -0.4 is 10.5 Å². The topological polar surface area (TPSA) is 106 Å². The van der Waals surface area contributed by atoms with Gasteiger partial charge in [0.2, 0.25) is 15.9 Å². The van der Waals surface area contributed by atoms with Crippen LogP contribution in [-0.2, 0) is 14.8 Å². The number of nitrogens with two attached hydrogens (primary N) is 1. The molecular weight excluding hydrogens is 244 g/mol. The summed E-state index contributed by atoms with van der Waals surface area (Å²) in [5.41, 5.74) is 5.25. The second-order valence-corrected chi connectivity index (χ2v) is 5.14. The van der Waals surface area contributed by atoms with Crippen molar-refractivity contribution in [3.05, 3.63) is 29.8 Å². The largest absolute Gasteiger partial charge is 0.369 e. The van der Waals surface area contributed by atoms with Gasteiger partial charge in [0, 0.05) is 5.56 Å². The van der Waals surface area contributed by atoms with E-state index < -0.39 is 22.5 Å². The summed E-state index contributed by atoms with van der Waals surface area (Å²) in [5, 5.41) is 0. The maximum Gasteiger partial charge on any atom is 0.241 e. The molecule has 1 aromatic rings. The predicted molar refractivity (Wildman–Crippen MR) is 60.8 cm³/mol. The van der Waals surface area contributed by atoms with E-state index in [4.69, 9.17) is 5.73 Å². The molecule has 0 unspecified atom stereocenters. The van der Waals surface area contributed by atoms with Crippen LogP contribution in [-0.4, -0.2) is 26.7 Å². The zero-order valence-corrected chi connectivity index (χ0v) is 9.95. The Hall–Kier alpha value is -1.73. The van der Waals surface area contributed by atoms with Crippen LogP contribution in [0.3, 0.4) is 0 Å². The quantitative estimate of drug-likeness (QED) is 0.702. The maximum absolute atomic E-state index is 11.6. The summed E-state index contributed by atoms with van der Waals surface area (Å²) in [6, 6.07) is 5.39. The van der Waals surface area contributed by atoms with Gasteiger partial charge in [-0.05, 0) is 19.1 Å². The Bertz CT molecular complexity index is 534. The molecule has 0 radical (unpaired) electrons. The number of hydrogen-bond acceptors (Lipinski definition) is 4. The van der Waals surface area contributed by atoms with Crippen molar-refractivity contribution in [2.24, 2.45) is 5.73 Å². The molecule has 0 spiro atoms. The third-order valence-corrected chi connectivity index (χ3v) is 3.42. The highest BCUT2D eigenvalue weighted by molar-refractivity contribution is 7.89. The average molecular weight is 256 g/mol. The van der Waals surface area contributed by atoms with Gasteiger partial charge in [0.1, 0.15) is 0 Å². The second kappa shape index (κ2) is 5.07. The van der Waals surface area contributed by atoms with Gasteiger partial charge >= 0.3 is 0 Å². The fourth-order valence-corrected chi connectivity index (χ4v) is 2.11. The van der Waals surface area contributed by atoms with Gasteiger partial charge in [0.05, 0.1) is 11.4 Å². The van der Waals surface area contributed by atoms with E-state index in [-0.39, 0.29) is 10.7 Å². The number of nitrogens with one attached hydrogen (secondary N) is 1. The molecule has 1 amide bonds. The first-order valence-corrected chi connectivity index (χ1v) is 6.20.